The highest BCUT2D eigenvalue weighted by atomic mass is 35.5. The van der Waals surface area contributed by atoms with Crippen LogP contribution >= 0.6 is 36.4 Å². The molecule has 11 heteroatoms. The van der Waals surface area contributed by atoms with E-state index >= 15 is 0 Å². The van der Waals surface area contributed by atoms with Crippen molar-refractivity contribution < 1.29 is 17.2 Å². The molecule has 4 rings (SSSR count). The van der Waals surface area contributed by atoms with Gasteiger partial charge in [-0.05, 0) is 29.8 Å². The summed E-state index contributed by atoms with van der Waals surface area (Å²) in [7, 11) is -4.26. The molecule has 1 N–H and O–H groups in total. The highest BCUT2D eigenvalue weighted by Crippen LogP contribution is 2.31. The summed E-state index contributed by atoms with van der Waals surface area (Å²) in [6, 6.07) is 7.73. The van der Waals surface area contributed by atoms with Crippen molar-refractivity contribution in [3.63, 3.8) is 0 Å². The summed E-state index contributed by atoms with van der Waals surface area (Å²) >= 11 is 6.29. The Morgan fingerprint density at radius 3 is 2.40 bits per heavy atom. The number of halogens is 5. The van der Waals surface area contributed by atoms with E-state index in [4.69, 9.17) is 11.6 Å². The van der Waals surface area contributed by atoms with Crippen molar-refractivity contribution in [2.24, 2.45) is 0 Å². The Hall–Kier alpha value is -1.42. The van der Waals surface area contributed by atoms with Crippen molar-refractivity contribution in [2.45, 2.75) is 11.4 Å². The summed E-state index contributed by atoms with van der Waals surface area (Å²) < 4.78 is 54.0. The summed E-state index contributed by atoms with van der Waals surface area (Å²) in [5.41, 5.74) is 1.36. The van der Waals surface area contributed by atoms with Gasteiger partial charge < -0.3 is 5.32 Å². The highest BCUT2D eigenvalue weighted by Gasteiger charge is 2.25. The van der Waals surface area contributed by atoms with Gasteiger partial charge in [-0.25, -0.2) is 21.2 Å². The zero-order valence-electron chi connectivity index (χ0n) is 15.6. The largest absolute Gasteiger partial charge is 0.314 e. The lowest BCUT2D eigenvalue weighted by atomic mass is 10.1. The number of nitrogens with one attached hydrogen (secondary N) is 1. The van der Waals surface area contributed by atoms with Gasteiger partial charge in [0.2, 0.25) is 0 Å². The Morgan fingerprint density at radius 2 is 1.73 bits per heavy atom. The number of nitrogens with zero attached hydrogens (tertiary/aromatic N) is 2. The monoisotopic (exact) mass is 497 g/mol. The molecule has 164 valence electrons. The van der Waals surface area contributed by atoms with Gasteiger partial charge in [0.1, 0.15) is 16.5 Å². The predicted octanol–water partition coefficient (Wildman–Crippen LogP) is 4.06. The molecule has 0 radical (unpaired) electrons. The summed E-state index contributed by atoms with van der Waals surface area (Å²) in [6.07, 6.45) is 1.25. The van der Waals surface area contributed by atoms with E-state index in [-0.39, 0.29) is 29.8 Å². The molecule has 2 heterocycles. The highest BCUT2D eigenvalue weighted by molar-refractivity contribution is 7.90. The lowest BCUT2D eigenvalue weighted by Gasteiger charge is -2.27. The molecule has 0 unspecified atom stereocenters. The van der Waals surface area contributed by atoms with Crippen LogP contribution in [0.15, 0.2) is 47.5 Å². The Kier molecular flexibility index (Phi) is 8.12. The van der Waals surface area contributed by atoms with E-state index in [1.807, 2.05) is 12.1 Å². The molecule has 1 fully saturated rings. The third-order valence-corrected chi connectivity index (χ3v) is 6.84. The van der Waals surface area contributed by atoms with Crippen LogP contribution in [0.1, 0.15) is 5.56 Å². The molecule has 1 saturated heterocycles. The van der Waals surface area contributed by atoms with Crippen LogP contribution < -0.4 is 5.32 Å². The summed E-state index contributed by atoms with van der Waals surface area (Å²) in [4.78, 5) is 1.69. The van der Waals surface area contributed by atoms with Crippen molar-refractivity contribution in [3.8, 4) is 0 Å². The van der Waals surface area contributed by atoms with Crippen molar-refractivity contribution in [3.05, 3.63) is 64.8 Å². The van der Waals surface area contributed by atoms with Gasteiger partial charge in [-0.3, -0.25) is 4.90 Å². The maximum absolute atomic E-state index is 14.1. The molecule has 3 aromatic rings. The Bertz CT molecular complexity index is 1150. The smallest absolute Gasteiger partial charge is 0.271 e. The molecule has 0 amide bonds. The third-order valence-electron chi connectivity index (χ3n) is 4.83. The average molecular weight is 499 g/mol. The van der Waals surface area contributed by atoms with Crippen LogP contribution in [0, 0.1) is 11.6 Å². The zero-order chi connectivity index (χ0) is 19.9. The van der Waals surface area contributed by atoms with Gasteiger partial charge in [-0.1, -0.05) is 17.7 Å². The van der Waals surface area contributed by atoms with E-state index in [9.17, 15) is 17.2 Å². The van der Waals surface area contributed by atoms with Crippen LogP contribution in [0.2, 0.25) is 5.02 Å². The van der Waals surface area contributed by atoms with Gasteiger partial charge >= 0.3 is 0 Å². The van der Waals surface area contributed by atoms with Crippen molar-refractivity contribution >= 4 is 57.3 Å². The van der Waals surface area contributed by atoms with E-state index in [1.165, 1.54) is 6.20 Å². The number of rotatable bonds is 4. The number of hydrogen-bond donors (Lipinski definition) is 1. The molecule has 0 aliphatic carbocycles. The Labute approximate surface area is 190 Å². The Balaban J connectivity index is 0.00000160. The maximum atomic E-state index is 14.1. The first-order valence-electron chi connectivity index (χ1n) is 8.79. The Morgan fingerprint density at radius 1 is 1.03 bits per heavy atom. The second-order valence-electron chi connectivity index (χ2n) is 6.73. The molecule has 30 heavy (non-hydrogen) atoms. The van der Waals surface area contributed by atoms with Crippen LogP contribution in [0.4, 0.5) is 8.78 Å². The third kappa shape index (κ3) is 4.74. The fourth-order valence-electron chi connectivity index (χ4n) is 3.42. The minimum absolute atomic E-state index is 0. The fourth-order valence-corrected chi connectivity index (χ4v) is 5.15. The van der Waals surface area contributed by atoms with Gasteiger partial charge in [0.05, 0.1) is 10.5 Å². The topological polar surface area (TPSA) is 54.3 Å². The van der Waals surface area contributed by atoms with Gasteiger partial charge in [-0.15, -0.1) is 24.8 Å². The SMILES string of the molecule is Cl.Cl.O=S(=O)(c1ccc(F)cc1F)n1cc(Cl)c2cc(CN3CCNCC3)ccc21. The van der Waals surface area contributed by atoms with Crippen LogP contribution in [-0.4, -0.2) is 43.5 Å². The predicted molar refractivity (Wildman–Crippen MR) is 119 cm³/mol. The van der Waals surface area contributed by atoms with Crippen molar-refractivity contribution in [2.75, 3.05) is 26.2 Å². The lowest BCUT2D eigenvalue weighted by Crippen LogP contribution is -2.42. The van der Waals surface area contributed by atoms with Crippen molar-refractivity contribution in [1.29, 1.82) is 0 Å². The first-order chi connectivity index (χ1) is 13.4. The van der Waals surface area contributed by atoms with Gasteiger partial charge in [0.15, 0.2) is 0 Å². The molecule has 1 aliphatic heterocycles. The molecule has 0 atom stereocenters. The standard InChI is InChI=1S/C19H18ClF2N3O2S.2ClH/c20-16-12-25(28(26,27)19-4-2-14(21)10-17(19)22)18-3-1-13(9-15(16)18)11-24-7-5-23-6-8-24;;/h1-4,9-10,12,23H,5-8,11H2;2*1H. The normalized spacial score (nSPS) is 14.9. The van der Waals surface area contributed by atoms with E-state index in [2.05, 4.69) is 10.2 Å². The fraction of sp³-hybridized carbons (Fsp3) is 0.263. The van der Waals surface area contributed by atoms with Crippen LogP contribution in [-0.2, 0) is 16.6 Å². The summed E-state index contributed by atoms with van der Waals surface area (Å²) in [5.74, 6) is -1.99. The number of benzene rings is 2. The molecule has 0 saturated carbocycles. The average Bonchev–Trinajstić information content (AvgIpc) is 2.99. The van der Waals surface area contributed by atoms with E-state index in [0.29, 0.717) is 17.0 Å². The minimum Gasteiger partial charge on any atom is -0.314 e. The molecule has 0 bridgehead atoms. The minimum atomic E-state index is -4.26. The molecule has 2 aromatic carbocycles. The van der Waals surface area contributed by atoms with Gasteiger partial charge in [0.25, 0.3) is 10.0 Å². The molecular weight excluding hydrogens is 479 g/mol. The summed E-state index contributed by atoms with van der Waals surface area (Å²) in [6.45, 7) is 4.47. The zero-order valence-corrected chi connectivity index (χ0v) is 18.9. The van der Waals surface area contributed by atoms with Crippen molar-refractivity contribution in [1.82, 2.24) is 14.2 Å². The van der Waals surface area contributed by atoms with Gasteiger partial charge in [-0.2, -0.15) is 0 Å². The number of hydrogen-bond acceptors (Lipinski definition) is 4. The maximum Gasteiger partial charge on any atom is 0.271 e. The van der Waals surface area contributed by atoms with E-state index in [0.717, 1.165) is 54.4 Å². The molecule has 1 aliphatic rings. The summed E-state index contributed by atoms with van der Waals surface area (Å²) in [5, 5.41) is 4.12. The van der Waals surface area contributed by atoms with E-state index < -0.39 is 26.6 Å². The molecule has 0 spiro atoms. The first kappa shape index (κ1) is 24.8. The number of piperazine rings is 1. The quantitative estimate of drug-likeness (QED) is 0.589. The molecule has 1 aromatic heterocycles. The lowest BCUT2D eigenvalue weighted by molar-refractivity contribution is 0.233. The second kappa shape index (κ2) is 9.80. The van der Waals surface area contributed by atoms with Gasteiger partial charge in [0, 0.05) is 50.4 Å². The van der Waals surface area contributed by atoms with Crippen LogP contribution in [0.5, 0.6) is 0 Å². The van der Waals surface area contributed by atoms with E-state index in [1.54, 1.807) is 6.07 Å². The first-order valence-corrected chi connectivity index (χ1v) is 10.6. The molecular formula is C19H20Cl3F2N3O2S. The van der Waals surface area contributed by atoms with Crippen LogP contribution in [0.3, 0.4) is 0 Å². The number of fused-ring (bicyclic) bond motifs is 1. The molecule has 5 nitrogen and oxygen atoms in total. The van der Waals surface area contributed by atoms with Crippen LogP contribution in [0.25, 0.3) is 10.9 Å². The second-order valence-corrected chi connectivity index (χ2v) is 8.92. The number of aromatic nitrogens is 1.